The van der Waals surface area contributed by atoms with Gasteiger partial charge < -0.3 is 19.5 Å². The molecule has 39 heavy (non-hydrogen) atoms. The molecule has 1 amide bonds. The highest BCUT2D eigenvalue weighted by Crippen LogP contribution is 2.34. The molecule has 1 saturated carbocycles. The first-order valence-corrected chi connectivity index (χ1v) is 13.8. The van der Waals surface area contributed by atoms with Crippen molar-refractivity contribution >= 4 is 17.7 Å². The number of carbonyl (C=O) groups is 1. The molecule has 3 aromatic rings. The van der Waals surface area contributed by atoms with Gasteiger partial charge in [-0.15, -0.1) is 0 Å². The highest BCUT2D eigenvalue weighted by Gasteiger charge is 2.27. The van der Waals surface area contributed by atoms with Crippen molar-refractivity contribution in [2.45, 2.75) is 90.1 Å². The van der Waals surface area contributed by atoms with E-state index < -0.39 is 5.60 Å². The van der Waals surface area contributed by atoms with Crippen LogP contribution >= 0.6 is 11.6 Å². The van der Waals surface area contributed by atoms with Crippen LogP contribution < -0.4 is 14.8 Å². The van der Waals surface area contributed by atoms with Gasteiger partial charge in [0.1, 0.15) is 29.8 Å². The Hall–Kier alpha value is -3.32. The van der Waals surface area contributed by atoms with Crippen molar-refractivity contribution in [1.29, 1.82) is 0 Å². The molecule has 1 aliphatic carbocycles. The molecule has 2 atom stereocenters. The van der Waals surface area contributed by atoms with Crippen LogP contribution in [-0.4, -0.2) is 33.8 Å². The smallest absolute Gasteiger partial charge is 0.407 e. The fourth-order valence-electron chi connectivity index (χ4n) is 4.74. The van der Waals surface area contributed by atoms with Crippen molar-refractivity contribution in [1.82, 2.24) is 15.3 Å². The van der Waals surface area contributed by atoms with Crippen LogP contribution in [-0.2, 0) is 16.8 Å². The second kappa shape index (κ2) is 12.2. The lowest BCUT2D eigenvalue weighted by Crippen LogP contribution is -2.43. The molecule has 1 heterocycles. The zero-order chi connectivity index (χ0) is 28.0. The van der Waals surface area contributed by atoms with Crippen LogP contribution in [0.1, 0.15) is 77.1 Å². The molecule has 0 aliphatic heterocycles. The molecule has 1 fully saturated rings. The number of amides is 1. The van der Waals surface area contributed by atoms with E-state index in [9.17, 15) is 4.79 Å². The number of nitrogens with one attached hydrogen (secondary N) is 1. The summed E-state index contributed by atoms with van der Waals surface area (Å²) in [5, 5.41) is 3.21. The first-order valence-electron chi connectivity index (χ1n) is 13.5. The maximum absolute atomic E-state index is 12.2. The Morgan fingerprint density at radius 3 is 2.21 bits per heavy atom. The SMILES string of the molecule is CC(C)(C)OC(=O)NC1CCCC(Oc2ccc(C(C)(C)c3ccc(OCc4ccnc(Cl)n4)cc3)cc2)C1. The number of ether oxygens (including phenoxy) is 3. The summed E-state index contributed by atoms with van der Waals surface area (Å²) in [5.41, 5.74) is 2.38. The molecule has 4 rings (SSSR count). The number of hydrogen-bond donors (Lipinski definition) is 1. The normalized spacial score (nSPS) is 17.8. The molecular formula is C31H38ClN3O4. The van der Waals surface area contributed by atoms with Gasteiger partial charge in [0.2, 0.25) is 5.28 Å². The number of carbonyl (C=O) groups excluding carboxylic acids is 1. The Bertz CT molecular complexity index is 1240. The van der Waals surface area contributed by atoms with Gasteiger partial charge in [-0.3, -0.25) is 0 Å². The molecule has 0 radical (unpaired) electrons. The van der Waals surface area contributed by atoms with Crippen LogP contribution in [0.15, 0.2) is 60.8 Å². The van der Waals surface area contributed by atoms with Gasteiger partial charge in [0.05, 0.1) is 5.69 Å². The standard InChI is InChI=1S/C31H38ClN3O4/c1-30(2,3)39-29(36)35-23-7-6-8-27(19-23)38-26-15-11-22(12-16-26)31(4,5)21-9-13-25(14-10-21)37-20-24-17-18-33-28(32)34-24/h9-18,23,27H,6-8,19-20H2,1-5H3,(H,35,36). The number of hydrogen-bond acceptors (Lipinski definition) is 6. The lowest BCUT2D eigenvalue weighted by molar-refractivity contribution is 0.0463. The van der Waals surface area contributed by atoms with Crippen LogP contribution in [0.4, 0.5) is 4.79 Å². The van der Waals surface area contributed by atoms with Crippen molar-refractivity contribution in [3.63, 3.8) is 0 Å². The Balaban J connectivity index is 1.32. The van der Waals surface area contributed by atoms with Gasteiger partial charge in [-0.05, 0) is 93.1 Å². The molecule has 1 N–H and O–H groups in total. The maximum atomic E-state index is 12.2. The topological polar surface area (TPSA) is 82.6 Å². The van der Waals surface area contributed by atoms with E-state index in [-0.39, 0.29) is 28.9 Å². The molecule has 2 aromatic carbocycles. The molecule has 0 saturated heterocycles. The Morgan fingerprint density at radius 1 is 0.949 bits per heavy atom. The van der Waals surface area contributed by atoms with E-state index >= 15 is 0 Å². The predicted molar refractivity (Wildman–Crippen MR) is 152 cm³/mol. The summed E-state index contributed by atoms with van der Waals surface area (Å²) in [5.74, 6) is 1.60. The van der Waals surface area contributed by atoms with Crippen LogP contribution in [0.25, 0.3) is 0 Å². The van der Waals surface area contributed by atoms with Gasteiger partial charge in [0.15, 0.2) is 0 Å². The first-order chi connectivity index (χ1) is 18.5. The van der Waals surface area contributed by atoms with Gasteiger partial charge in [0, 0.05) is 24.1 Å². The van der Waals surface area contributed by atoms with Gasteiger partial charge in [-0.2, -0.15) is 0 Å². The van der Waals surface area contributed by atoms with Gasteiger partial charge in [0.25, 0.3) is 0 Å². The highest BCUT2D eigenvalue weighted by atomic mass is 35.5. The Kier molecular flexibility index (Phi) is 9.01. The summed E-state index contributed by atoms with van der Waals surface area (Å²) in [4.78, 5) is 20.2. The van der Waals surface area contributed by atoms with E-state index in [1.54, 1.807) is 12.3 Å². The largest absolute Gasteiger partial charge is 0.490 e. The summed E-state index contributed by atoms with van der Waals surface area (Å²) in [6.07, 6.45) is 4.99. The summed E-state index contributed by atoms with van der Waals surface area (Å²) >= 11 is 5.85. The van der Waals surface area contributed by atoms with Crippen LogP contribution in [0.3, 0.4) is 0 Å². The molecule has 7 nitrogen and oxygen atoms in total. The molecule has 208 valence electrons. The van der Waals surface area contributed by atoms with E-state index in [1.807, 2.05) is 45.0 Å². The van der Waals surface area contributed by atoms with Crippen LogP contribution in [0.2, 0.25) is 5.28 Å². The van der Waals surface area contributed by atoms with E-state index in [0.717, 1.165) is 42.9 Å². The van der Waals surface area contributed by atoms with E-state index in [2.05, 4.69) is 53.4 Å². The van der Waals surface area contributed by atoms with Gasteiger partial charge in [-0.1, -0.05) is 38.1 Å². The predicted octanol–water partition coefficient (Wildman–Crippen LogP) is 7.25. The van der Waals surface area contributed by atoms with E-state index in [1.165, 1.54) is 11.1 Å². The highest BCUT2D eigenvalue weighted by molar-refractivity contribution is 6.28. The van der Waals surface area contributed by atoms with Crippen molar-refractivity contribution < 1.29 is 19.0 Å². The lowest BCUT2D eigenvalue weighted by Gasteiger charge is -2.31. The summed E-state index contributed by atoms with van der Waals surface area (Å²) in [6, 6.07) is 18.3. The molecular weight excluding hydrogens is 514 g/mol. The zero-order valence-electron chi connectivity index (χ0n) is 23.4. The number of aromatic nitrogens is 2. The van der Waals surface area contributed by atoms with Gasteiger partial charge >= 0.3 is 6.09 Å². The fraction of sp³-hybridized carbons (Fsp3) is 0.452. The number of rotatable bonds is 8. The number of halogens is 1. The van der Waals surface area contributed by atoms with E-state index in [4.69, 9.17) is 25.8 Å². The Labute approximate surface area is 236 Å². The number of benzene rings is 2. The fourth-order valence-corrected chi connectivity index (χ4v) is 4.91. The van der Waals surface area contributed by atoms with E-state index in [0.29, 0.717) is 6.61 Å². The lowest BCUT2D eigenvalue weighted by atomic mass is 9.78. The molecule has 0 spiro atoms. The minimum Gasteiger partial charge on any atom is -0.490 e. The van der Waals surface area contributed by atoms with Crippen LogP contribution in [0, 0.1) is 0 Å². The quantitative estimate of drug-likeness (QED) is 0.297. The third-order valence-electron chi connectivity index (χ3n) is 6.87. The third-order valence-corrected chi connectivity index (χ3v) is 7.05. The second-order valence-corrected chi connectivity index (χ2v) is 11.9. The van der Waals surface area contributed by atoms with Crippen molar-refractivity contribution in [3.05, 3.63) is 82.9 Å². The molecule has 1 aromatic heterocycles. The summed E-state index contributed by atoms with van der Waals surface area (Å²) in [6.45, 7) is 10.3. The van der Waals surface area contributed by atoms with Crippen molar-refractivity contribution in [2.75, 3.05) is 0 Å². The third kappa shape index (κ3) is 8.33. The first kappa shape index (κ1) is 28.7. The van der Waals surface area contributed by atoms with Gasteiger partial charge in [-0.25, -0.2) is 14.8 Å². The number of alkyl carbamates (subject to hydrolysis) is 1. The molecule has 1 aliphatic rings. The van der Waals surface area contributed by atoms with Crippen LogP contribution in [0.5, 0.6) is 11.5 Å². The minimum atomic E-state index is -0.507. The second-order valence-electron chi connectivity index (χ2n) is 11.5. The number of nitrogens with zero attached hydrogens (tertiary/aromatic N) is 2. The zero-order valence-corrected chi connectivity index (χ0v) is 24.1. The average Bonchev–Trinajstić information content (AvgIpc) is 2.87. The maximum Gasteiger partial charge on any atom is 0.407 e. The van der Waals surface area contributed by atoms with Crippen molar-refractivity contribution in [3.8, 4) is 11.5 Å². The average molecular weight is 552 g/mol. The summed E-state index contributed by atoms with van der Waals surface area (Å²) in [7, 11) is 0. The minimum absolute atomic E-state index is 0.0579. The summed E-state index contributed by atoms with van der Waals surface area (Å²) < 4.78 is 17.6. The molecule has 2 unspecified atom stereocenters. The Morgan fingerprint density at radius 2 is 1.59 bits per heavy atom. The molecule has 0 bridgehead atoms. The molecule has 8 heteroatoms. The van der Waals surface area contributed by atoms with Crippen molar-refractivity contribution in [2.24, 2.45) is 0 Å². The monoisotopic (exact) mass is 551 g/mol.